The van der Waals surface area contributed by atoms with E-state index in [1.807, 2.05) is 27.7 Å². The van der Waals surface area contributed by atoms with Crippen molar-refractivity contribution in [3.63, 3.8) is 0 Å². The van der Waals surface area contributed by atoms with Crippen molar-refractivity contribution in [2.24, 2.45) is 0 Å². The lowest BCUT2D eigenvalue weighted by molar-refractivity contribution is -0.118. The van der Waals surface area contributed by atoms with E-state index in [0.717, 1.165) is 23.1 Å². The van der Waals surface area contributed by atoms with E-state index in [1.54, 1.807) is 0 Å². The van der Waals surface area contributed by atoms with Crippen LogP contribution in [-0.2, 0) is 28.8 Å². The molecule has 1 aliphatic rings. The summed E-state index contributed by atoms with van der Waals surface area (Å²) in [5.41, 5.74) is 3.95. The fourth-order valence-corrected chi connectivity index (χ4v) is 3.12. The van der Waals surface area contributed by atoms with Crippen LogP contribution in [0.5, 0.6) is 0 Å². The lowest BCUT2D eigenvalue weighted by Crippen LogP contribution is -2.33. The number of hydrogen-bond acceptors (Lipinski definition) is 4. The maximum Gasteiger partial charge on any atom is 0.407 e. The molecule has 0 radical (unpaired) electrons. The molecule has 0 aromatic heterocycles. The number of aliphatic hydroxyl groups excluding tert-OH is 1. The molecule has 0 saturated carbocycles. The Kier molecular flexibility index (Phi) is 6.22. The molecule has 2 rings (SSSR count). The molecular weight excluding hydrogens is 318 g/mol. The fraction of sp³-hybridized carbons (Fsp3) is 0.600. The second kappa shape index (κ2) is 8.00. The molecule has 1 aliphatic carbocycles. The van der Waals surface area contributed by atoms with Crippen molar-refractivity contribution < 1.29 is 19.4 Å². The Morgan fingerprint density at radius 2 is 2.00 bits per heavy atom. The molecule has 1 unspecified atom stereocenters. The first-order valence-electron chi connectivity index (χ1n) is 8.93. The number of ether oxygens (including phenoxy) is 1. The summed E-state index contributed by atoms with van der Waals surface area (Å²) in [6.07, 6.45) is 2.09. The number of carbonyl (C=O) groups excluding carboxylic acids is 2. The SMILES string of the molecule is CC(CO)c1cc2c(cc1CCNC(=O)OC(C)(C)C)CCC(=O)C2. The smallest absolute Gasteiger partial charge is 0.407 e. The van der Waals surface area contributed by atoms with Gasteiger partial charge in [0.15, 0.2) is 0 Å². The van der Waals surface area contributed by atoms with Gasteiger partial charge in [-0.15, -0.1) is 0 Å². The lowest BCUT2D eigenvalue weighted by atomic mass is 9.84. The molecule has 0 saturated heterocycles. The van der Waals surface area contributed by atoms with E-state index in [4.69, 9.17) is 4.74 Å². The Labute approximate surface area is 149 Å². The summed E-state index contributed by atoms with van der Waals surface area (Å²) < 4.78 is 5.25. The van der Waals surface area contributed by atoms with Crippen LogP contribution in [0.25, 0.3) is 0 Å². The molecule has 1 atom stereocenters. The monoisotopic (exact) mass is 347 g/mol. The zero-order valence-electron chi connectivity index (χ0n) is 15.6. The molecule has 1 aromatic rings. The van der Waals surface area contributed by atoms with Crippen molar-refractivity contribution >= 4 is 11.9 Å². The lowest BCUT2D eigenvalue weighted by Gasteiger charge is -2.23. The van der Waals surface area contributed by atoms with Gasteiger partial charge in [-0.05, 0) is 55.9 Å². The predicted molar refractivity (Wildman–Crippen MR) is 96.9 cm³/mol. The van der Waals surface area contributed by atoms with Gasteiger partial charge in [0, 0.05) is 31.9 Å². The van der Waals surface area contributed by atoms with E-state index in [-0.39, 0.29) is 18.3 Å². The molecule has 5 heteroatoms. The highest BCUT2D eigenvalue weighted by Crippen LogP contribution is 2.28. The van der Waals surface area contributed by atoms with Crippen LogP contribution in [-0.4, -0.2) is 35.7 Å². The van der Waals surface area contributed by atoms with Gasteiger partial charge in [-0.1, -0.05) is 19.1 Å². The molecule has 138 valence electrons. The number of aliphatic hydroxyl groups is 1. The Hall–Kier alpha value is -1.88. The van der Waals surface area contributed by atoms with Crippen molar-refractivity contribution in [3.05, 3.63) is 34.4 Å². The zero-order valence-corrected chi connectivity index (χ0v) is 15.6. The minimum atomic E-state index is -0.515. The Balaban J connectivity index is 2.10. The molecule has 0 spiro atoms. The first-order chi connectivity index (χ1) is 11.7. The summed E-state index contributed by atoms with van der Waals surface area (Å²) in [5, 5.41) is 12.3. The molecule has 0 fully saturated rings. The number of carbonyl (C=O) groups is 2. The minimum absolute atomic E-state index is 0.00106. The van der Waals surface area contributed by atoms with Crippen LogP contribution in [0, 0.1) is 0 Å². The van der Waals surface area contributed by atoms with Crippen LogP contribution in [0.15, 0.2) is 12.1 Å². The average molecular weight is 347 g/mol. The van der Waals surface area contributed by atoms with E-state index in [0.29, 0.717) is 25.8 Å². The predicted octanol–water partition coefficient (Wildman–Crippen LogP) is 2.91. The number of rotatable bonds is 5. The number of Topliss-reactive ketones (excluding diaryl/α,β-unsaturated/α-hetero) is 1. The summed E-state index contributed by atoms with van der Waals surface area (Å²) >= 11 is 0. The fourth-order valence-electron chi connectivity index (χ4n) is 3.12. The average Bonchev–Trinajstić information content (AvgIpc) is 2.51. The van der Waals surface area contributed by atoms with Gasteiger partial charge in [0.25, 0.3) is 0 Å². The largest absolute Gasteiger partial charge is 0.444 e. The number of fused-ring (bicyclic) bond motifs is 1. The number of hydrogen-bond donors (Lipinski definition) is 2. The van der Waals surface area contributed by atoms with Gasteiger partial charge in [0.2, 0.25) is 0 Å². The maximum absolute atomic E-state index is 11.8. The second-order valence-corrected chi connectivity index (χ2v) is 7.80. The van der Waals surface area contributed by atoms with Crippen LogP contribution in [0.1, 0.15) is 62.3 Å². The molecule has 5 nitrogen and oxygen atoms in total. The van der Waals surface area contributed by atoms with E-state index < -0.39 is 11.7 Å². The quantitative estimate of drug-likeness (QED) is 0.859. The van der Waals surface area contributed by atoms with Crippen LogP contribution in [0.4, 0.5) is 4.79 Å². The molecule has 25 heavy (non-hydrogen) atoms. The van der Waals surface area contributed by atoms with Crippen molar-refractivity contribution in [2.45, 2.75) is 64.9 Å². The molecular formula is C20H29NO4. The zero-order chi connectivity index (χ0) is 18.6. The first-order valence-corrected chi connectivity index (χ1v) is 8.93. The number of benzene rings is 1. The van der Waals surface area contributed by atoms with Gasteiger partial charge in [-0.25, -0.2) is 4.79 Å². The van der Waals surface area contributed by atoms with E-state index in [9.17, 15) is 14.7 Å². The standard InChI is InChI=1S/C20H29NO4/c1-13(12-22)18-11-16-10-17(23)6-5-14(16)9-15(18)7-8-21-19(24)25-20(2,3)4/h9,11,13,22H,5-8,10,12H2,1-4H3,(H,21,24). The molecule has 2 N–H and O–H groups in total. The van der Waals surface area contributed by atoms with E-state index >= 15 is 0 Å². The normalized spacial score (nSPS) is 15.5. The molecule has 0 bridgehead atoms. The number of ketones is 1. The van der Waals surface area contributed by atoms with Crippen molar-refractivity contribution in [1.29, 1.82) is 0 Å². The van der Waals surface area contributed by atoms with Gasteiger partial charge in [-0.3, -0.25) is 4.79 Å². The van der Waals surface area contributed by atoms with Gasteiger partial charge >= 0.3 is 6.09 Å². The minimum Gasteiger partial charge on any atom is -0.444 e. The topological polar surface area (TPSA) is 75.6 Å². The van der Waals surface area contributed by atoms with Crippen molar-refractivity contribution in [2.75, 3.05) is 13.2 Å². The van der Waals surface area contributed by atoms with Crippen LogP contribution >= 0.6 is 0 Å². The molecule has 0 aliphatic heterocycles. The first kappa shape index (κ1) is 19.4. The number of aryl methyl sites for hydroxylation is 1. The number of nitrogens with one attached hydrogen (secondary N) is 1. The van der Waals surface area contributed by atoms with Gasteiger partial charge < -0.3 is 15.2 Å². The van der Waals surface area contributed by atoms with E-state index in [2.05, 4.69) is 17.4 Å². The van der Waals surface area contributed by atoms with Gasteiger partial charge in [-0.2, -0.15) is 0 Å². The van der Waals surface area contributed by atoms with Crippen molar-refractivity contribution in [3.8, 4) is 0 Å². The third-order valence-electron chi connectivity index (χ3n) is 4.39. The highest BCUT2D eigenvalue weighted by Gasteiger charge is 2.20. The Bertz CT molecular complexity index is 646. The molecule has 0 heterocycles. The molecule has 1 aromatic carbocycles. The maximum atomic E-state index is 11.8. The highest BCUT2D eigenvalue weighted by atomic mass is 16.6. The summed E-state index contributed by atoms with van der Waals surface area (Å²) in [4.78, 5) is 23.5. The number of amides is 1. The number of alkyl carbamates (subject to hydrolysis) is 1. The summed E-state index contributed by atoms with van der Waals surface area (Å²) in [7, 11) is 0. The Morgan fingerprint density at radius 3 is 2.64 bits per heavy atom. The Morgan fingerprint density at radius 1 is 1.28 bits per heavy atom. The summed E-state index contributed by atoms with van der Waals surface area (Å²) in [6.45, 7) is 7.99. The van der Waals surface area contributed by atoms with Crippen LogP contribution < -0.4 is 5.32 Å². The van der Waals surface area contributed by atoms with Crippen molar-refractivity contribution in [1.82, 2.24) is 5.32 Å². The summed E-state index contributed by atoms with van der Waals surface area (Å²) in [6, 6.07) is 4.20. The third kappa shape index (κ3) is 5.56. The summed E-state index contributed by atoms with van der Waals surface area (Å²) in [5.74, 6) is 0.272. The second-order valence-electron chi connectivity index (χ2n) is 7.80. The van der Waals surface area contributed by atoms with Crippen LogP contribution in [0.3, 0.4) is 0 Å². The van der Waals surface area contributed by atoms with E-state index in [1.165, 1.54) is 5.56 Å². The van der Waals surface area contributed by atoms with Gasteiger partial charge in [0.05, 0.1) is 0 Å². The molecule has 1 amide bonds. The highest BCUT2D eigenvalue weighted by molar-refractivity contribution is 5.83. The van der Waals surface area contributed by atoms with Crippen LogP contribution in [0.2, 0.25) is 0 Å². The third-order valence-corrected chi connectivity index (χ3v) is 4.39. The van der Waals surface area contributed by atoms with Gasteiger partial charge in [0.1, 0.15) is 11.4 Å².